The number of nitrogens with one attached hydrogen (secondary N) is 1. The fourth-order valence-corrected chi connectivity index (χ4v) is 9.01. The van der Waals surface area contributed by atoms with Crippen molar-refractivity contribution in [2.24, 2.45) is 0 Å². The van der Waals surface area contributed by atoms with Gasteiger partial charge in [0.2, 0.25) is 5.91 Å². The topological polar surface area (TPSA) is 149 Å². The lowest BCUT2D eigenvalue weighted by Gasteiger charge is -2.40. The minimum absolute atomic E-state index is 0.151. The van der Waals surface area contributed by atoms with Crippen LogP contribution in [-0.4, -0.2) is 87.5 Å². The number of aliphatic hydroxyl groups excluding tert-OH is 5. The van der Waals surface area contributed by atoms with Gasteiger partial charge in [-0.1, -0.05) is 264 Å². The number of aliphatic hydroxyl groups is 5. The van der Waals surface area contributed by atoms with Crippen LogP contribution >= 0.6 is 0 Å². The lowest BCUT2D eigenvalue weighted by molar-refractivity contribution is -0.302. The highest BCUT2D eigenvalue weighted by molar-refractivity contribution is 5.76. The predicted octanol–water partition coefficient (Wildman–Crippen LogP) is 15.9. The van der Waals surface area contributed by atoms with Crippen molar-refractivity contribution in [2.75, 3.05) is 13.2 Å². The molecule has 0 bridgehead atoms. The molecule has 0 radical (unpaired) electrons. The SMILES string of the molecule is CC/C=C\C/C=C\C/C=C\C/C=C\C/C=C\C/C=C\C/C=C\C/C=C\C/C=C\C/C=C\CCCCCCCCC(=O)NC(COC1OC(CO)C(O)C(O)C1O)C(O)CCCCCCCCCCCCCCCCCC. The molecule has 1 saturated heterocycles. The second-order valence-electron chi connectivity index (χ2n) is 20.8. The quantitative estimate of drug-likeness (QED) is 0.0261. The molecule has 0 aliphatic carbocycles. The van der Waals surface area contributed by atoms with E-state index >= 15 is 0 Å². The van der Waals surface area contributed by atoms with Crippen LogP contribution in [0.1, 0.15) is 239 Å². The normalized spacial score (nSPS) is 19.7. The number of unbranched alkanes of at least 4 members (excludes halogenated alkanes) is 21. The minimum atomic E-state index is -1.56. The third-order valence-corrected chi connectivity index (χ3v) is 13.8. The van der Waals surface area contributed by atoms with Gasteiger partial charge in [-0.05, 0) is 89.9 Å². The Balaban J connectivity index is 2.19. The molecule has 7 atom stereocenters. The van der Waals surface area contributed by atoms with E-state index in [0.29, 0.717) is 12.8 Å². The summed E-state index contributed by atoms with van der Waals surface area (Å²) in [5.74, 6) is -0.163. The van der Waals surface area contributed by atoms with Gasteiger partial charge in [-0.2, -0.15) is 0 Å². The summed E-state index contributed by atoms with van der Waals surface area (Å²) < 4.78 is 11.3. The maximum Gasteiger partial charge on any atom is 0.220 e. The lowest BCUT2D eigenvalue weighted by atomic mass is 9.99. The van der Waals surface area contributed by atoms with E-state index in [1.165, 1.54) is 83.5 Å². The van der Waals surface area contributed by atoms with Gasteiger partial charge >= 0.3 is 0 Å². The summed E-state index contributed by atoms with van der Waals surface area (Å²) in [6.45, 7) is 3.71. The van der Waals surface area contributed by atoms with E-state index < -0.39 is 49.5 Å². The van der Waals surface area contributed by atoms with Crippen molar-refractivity contribution < 1.29 is 39.8 Å². The number of ether oxygens (including phenoxy) is 2. The summed E-state index contributed by atoms with van der Waals surface area (Å²) in [6, 6.07) is -0.736. The number of hydrogen-bond donors (Lipinski definition) is 6. The van der Waals surface area contributed by atoms with E-state index in [-0.39, 0.29) is 12.5 Å². The summed E-state index contributed by atoms with van der Waals surface area (Å²) in [4.78, 5) is 13.1. The fourth-order valence-electron chi connectivity index (χ4n) is 9.01. The number of amides is 1. The molecule has 1 amide bonds. The van der Waals surface area contributed by atoms with Crippen LogP contribution in [0.4, 0.5) is 0 Å². The highest BCUT2D eigenvalue weighted by Crippen LogP contribution is 2.23. The van der Waals surface area contributed by atoms with E-state index in [1.54, 1.807) is 0 Å². The molecule has 1 aliphatic rings. The van der Waals surface area contributed by atoms with Crippen molar-refractivity contribution in [3.63, 3.8) is 0 Å². The summed E-state index contributed by atoms with van der Waals surface area (Å²) in [5, 5.41) is 54.7. The van der Waals surface area contributed by atoms with Crippen LogP contribution in [0.5, 0.6) is 0 Å². The van der Waals surface area contributed by atoms with Crippen molar-refractivity contribution in [1.29, 1.82) is 0 Å². The Bertz CT molecular complexity index is 1610. The Kier molecular flexibility index (Phi) is 51.0. The minimum Gasteiger partial charge on any atom is -0.394 e. The van der Waals surface area contributed by atoms with Gasteiger partial charge in [-0.3, -0.25) is 4.79 Å². The van der Waals surface area contributed by atoms with E-state index in [9.17, 15) is 30.3 Å². The Labute approximate surface area is 465 Å². The van der Waals surface area contributed by atoms with Gasteiger partial charge < -0.3 is 40.3 Å². The van der Waals surface area contributed by atoms with Crippen LogP contribution in [0.25, 0.3) is 0 Å². The standard InChI is InChI=1S/C67H113NO8/c1-3-5-7-9-11-13-15-17-19-21-22-23-24-25-26-27-28-29-30-31-32-33-34-35-36-37-38-39-40-41-43-45-47-49-51-53-55-57-63(71)68-60(59-75-67-66(74)65(73)64(72)62(58-69)76-67)61(70)56-54-52-50-48-46-44-42-20-18-16-14-12-10-8-6-4-2/h5,7,11,13,17,19,22-23,25-26,28-29,31-32,34-35,37-38,40-41,60-62,64-67,69-70,72-74H,3-4,6,8-10,12,14-16,18,20-21,24,27,30,33,36,39,42-59H2,1-2H3,(H,68,71)/b7-5-,13-11-,19-17-,23-22-,26-25-,29-28-,32-31-,35-34-,38-37-,41-40-. The molecule has 76 heavy (non-hydrogen) atoms. The zero-order valence-corrected chi connectivity index (χ0v) is 48.2. The first kappa shape index (κ1) is 70.6. The average Bonchev–Trinajstić information content (AvgIpc) is 3.42. The molecule has 1 aliphatic heterocycles. The maximum absolute atomic E-state index is 13.1. The summed E-state index contributed by atoms with van der Waals surface area (Å²) in [6.07, 6.45) is 75.1. The molecule has 0 saturated carbocycles. The van der Waals surface area contributed by atoms with Gasteiger partial charge in [0.25, 0.3) is 0 Å². The van der Waals surface area contributed by atoms with Crippen molar-refractivity contribution in [3.05, 3.63) is 122 Å². The van der Waals surface area contributed by atoms with E-state index in [1.807, 2.05) is 0 Å². The zero-order valence-electron chi connectivity index (χ0n) is 48.2. The molecule has 6 N–H and O–H groups in total. The smallest absolute Gasteiger partial charge is 0.220 e. The van der Waals surface area contributed by atoms with Crippen LogP contribution in [0.15, 0.2) is 122 Å². The van der Waals surface area contributed by atoms with Gasteiger partial charge in [-0.25, -0.2) is 0 Å². The third-order valence-electron chi connectivity index (χ3n) is 13.8. The van der Waals surface area contributed by atoms with Gasteiger partial charge in [0.15, 0.2) is 6.29 Å². The fraction of sp³-hybridized carbons (Fsp3) is 0.687. The summed E-state index contributed by atoms with van der Waals surface area (Å²) in [7, 11) is 0. The Morgan fingerprint density at radius 3 is 1.21 bits per heavy atom. The molecule has 0 spiro atoms. The van der Waals surface area contributed by atoms with E-state index in [0.717, 1.165) is 128 Å². The van der Waals surface area contributed by atoms with E-state index in [2.05, 4.69) is 141 Å². The number of carbonyl (C=O) groups excluding carboxylic acids is 1. The zero-order chi connectivity index (χ0) is 55.0. The maximum atomic E-state index is 13.1. The highest BCUT2D eigenvalue weighted by atomic mass is 16.7. The van der Waals surface area contributed by atoms with Crippen LogP contribution in [0.2, 0.25) is 0 Å². The van der Waals surface area contributed by atoms with Crippen LogP contribution in [-0.2, 0) is 14.3 Å². The first-order valence-corrected chi connectivity index (χ1v) is 30.7. The van der Waals surface area contributed by atoms with Gasteiger partial charge in [-0.15, -0.1) is 0 Å². The third kappa shape index (κ3) is 43.6. The molecule has 7 unspecified atom stereocenters. The van der Waals surface area contributed by atoms with Gasteiger partial charge in [0, 0.05) is 6.42 Å². The molecule has 434 valence electrons. The van der Waals surface area contributed by atoms with Crippen molar-refractivity contribution in [1.82, 2.24) is 5.32 Å². The lowest BCUT2D eigenvalue weighted by Crippen LogP contribution is -2.60. The van der Waals surface area contributed by atoms with Gasteiger partial charge in [0.1, 0.15) is 24.4 Å². The Morgan fingerprint density at radius 2 is 0.816 bits per heavy atom. The summed E-state index contributed by atoms with van der Waals surface area (Å²) >= 11 is 0. The molecule has 0 aromatic carbocycles. The Morgan fingerprint density at radius 1 is 0.461 bits per heavy atom. The molecule has 1 rings (SSSR count). The van der Waals surface area contributed by atoms with Crippen molar-refractivity contribution in [3.8, 4) is 0 Å². The second kappa shape index (κ2) is 54.9. The van der Waals surface area contributed by atoms with Crippen molar-refractivity contribution in [2.45, 2.75) is 281 Å². The Hall–Kier alpha value is -3.41. The first-order chi connectivity index (χ1) is 37.3. The number of allylic oxidation sites excluding steroid dienone is 20. The molecule has 0 aromatic heterocycles. The molecule has 0 aromatic rings. The number of hydrogen-bond acceptors (Lipinski definition) is 8. The first-order valence-electron chi connectivity index (χ1n) is 30.7. The second-order valence-corrected chi connectivity index (χ2v) is 20.8. The predicted molar refractivity (Wildman–Crippen MR) is 322 cm³/mol. The number of carbonyl (C=O) groups is 1. The average molecular weight is 1060 g/mol. The monoisotopic (exact) mass is 1060 g/mol. The number of rotatable bonds is 51. The van der Waals surface area contributed by atoms with Crippen LogP contribution < -0.4 is 5.32 Å². The largest absolute Gasteiger partial charge is 0.394 e. The molecule has 9 nitrogen and oxygen atoms in total. The van der Waals surface area contributed by atoms with Gasteiger partial charge in [0.05, 0.1) is 25.4 Å². The van der Waals surface area contributed by atoms with Crippen LogP contribution in [0.3, 0.4) is 0 Å². The van der Waals surface area contributed by atoms with E-state index in [4.69, 9.17) is 9.47 Å². The van der Waals surface area contributed by atoms with Crippen LogP contribution in [0, 0.1) is 0 Å². The molecule has 1 heterocycles. The van der Waals surface area contributed by atoms with Crippen molar-refractivity contribution >= 4 is 5.91 Å². The molecular weight excluding hydrogens is 947 g/mol. The molecule has 1 fully saturated rings. The molecular formula is C67H113NO8. The summed E-state index contributed by atoms with van der Waals surface area (Å²) in [5.41, 5.74) is 0. The highest BCUT2D eigenvalue weighted by Gasteiger charge is 2.44. The molecule has 9 heteroatoms.